The Morgan fingerprint density at radius 1 is 1.23 bits per heavy atom. The lowest BCUT2D eigenvalue weighted by Gasteiger charge is -2.19. The number of urea groups is 1. The molecule has 1 heterocycles. The molecule has 2 aromatic rings. The van der Waals surface area contributed by atoms with Crippen molar-refractivity contribution in [2.45, 2.75) is 36.5 Å². The zero-order chi connectivity index (χ0) is 19.2. The van der Waals surface area contributed by atoms with Crippen molar-refractivity contribution in [2.75, 3.05) is 13.7 Å². The Bertz CT molecular complexity index is 802. The van der Waals surface area contributed by atoms with Gasteiger partial charge in [0.1, 0.15) is 11.0 Å². The molecule has 1 aromatic carbocycles. The van der Waals surface area contributed by atoms with Gasteiger partial charge >= 0.3 is 6.03 Å². The van der Waals surface area contributed by atoms with E-state index in [2.05, 4.69) is 10.6 Å². The number of benzene rings is 1. The summed E-state index contributed by atoms with van der Waals surface area (Å²) >= 11 is 1.35. The number of sulfone groups is 1. The van der Waals surface area contributed by atoms with E-state index >= 15 is 0 Å². The number of rotatable bonds is 8. The minimum absolute atomic E-state index is 0.00283. The number of nitrogens with one attached hydrogen (secondary N) is 2. The highest BCUT2D eigenvalue weighted by molar-refractivity contribution is 7.91. The lowest BCUT2D eigenvalue weighted by Crippen LogP contribution is -2.42. The third kappa shape index (κ3) is 4.98. The third-order valence-electron chi connectivity index (χ3n) is 4.06. The van der Waals surface area contributed by atoms with Gasteiger partial charge in [0.05, 0.1) is 12.0 Å². The first-order chi connectivity index (χ1) is 12.4. The molecule has 26 heavy (non-hydrogen) atoms. The third-order valence-corrected chi connectivity index (χ3v) is 7.30. The second-order valence-electron chi connectivity index (χ2n) is 5.89. The van der Waals surface area contributed by atoms with Crippen molar-refractivity contribution in [3.05, 3.63) is 46.7 Å². The lowest BCUT2D eigenvalue weighted by atomic mass is 10.3. The largest absolute Gasteiger partial charge is 0.497 e. The zero-order valence-electron chi connectivity index (χ0n) is 15.1. The summed E-state index contributed by atoms with van der Waals surface area (Å²) in [5.41, 5.74) is 0. The molecule has 8 heteroatoms. The second-order valence-corrected chi connectivity index (χ2v) is 9.00. The van der Waals surface area contributed by atoms with Gasteiger partial charge in [-0.05, 0) is 49.1 Å². The zero-order valence-corrected chi connectivity index (χ0v) is 16.7. The van der Waals surface area contributed by atoms with Gasteiger partial charge in [-0.15, -0.1) is 11.3 Å². The molecule has 0 saturated heterocycles. The number of thiophene rings is 1. The molecule has 142 valence electrons. The highest BCUT2D eigenvalue weighted by Gasteiger charge is 2.30. The van der Waals surface area contributed by atoms with Crippen molar-refractivity contribution in [3.8, 4) is 5.75 Å². The highest BCUT2D eigenvalue weighted by atomic mass is 32.2. The lowest BCUT2D eigenvalue weighted by molar-refractivity contribution is 0.237. The summed E-state index contributed by atoms with van der Waals surface area (Å²) in [7, 11) is -2.14. The Kier molecular flexibility index (Phi) is 7.05. The Labute approximate surface area is 158 Å². The van der Waals surface area contributed by atoms with Crippen LogP contribution in [-0.2, 0) is 9.84 Å². The van der Waals surface area contributed by atoms with E-state index in [0.29, 0.717) is 10.6 Å². The van der Waals surface area contributed by atoms with Crippen LogP contribution in [0.1, 0.15) is 30.4 Å². The minimum Gasteiger partial charge on any atom is -0.497 e. The van der Waals surface area contributed by atoms with E-state index in [9.17, 15) is 13.2 Å². The molecule has 2 atom stereocenters. The van der Waals surface area contributed by atoms with Crippen molar-refractivity contribution in [3.63, 3.8) is 0 Å². The molecule has 2 rings (SSSR count). The van der Waals surface area contributed by atoms with Gasteiger partial charge in [0.2, 0.25) is 0 Å². The Morgan fingerprint density at radius 3 is 2.46 bits per heavy atom. The fraction of sp³-hybridized carbons (Fsp3) is 0.389. The first-order valence-corrected chi connectivity index (χ1v) is 10.8. The predicted octanol–water partition coefficient (Wildman–Crippen LogP) is 3.37. The van der Waals surface area contributed by atoms with Crippen molar-refractivity contribution in [2.24, 2.45) is 0 Å². The van der Waals surface area contributed by atoms with Crippen LogP contribution >= 0.6 is 11.3 Å². The molecule has 0 aliphatic carbocycles. The van der Waals surface area contributed by atoms with Crippen LogP contribution in [0.25, 0.3) is 0 Å². The number of hydrogen-bond acceptors (Lipinski definition) is 5. The van der Waals surface area contributed by atoms with Crippen LogP contribution in [-0.4, -0.2) is 34.1 Å². The summed E-state index contributed by atoms with van der Waals surface area (Å²) in [4.78, 5) is 12.9. The number of carbonyl (C=O) groups is 1. The van der Waals surface area contributed by atoms with E-state index in [-0.39, 0.29) is 23.5 Å². The molecule has 0 fully saturated rings. The van der Waals surface area contributed by atoms with Crippen LogP contribution in [0.2, 0.25) is 0 Å². The van der Waals surface area contributed by atoms with Gasteiger partial charge < -0.3 is 15.4 Å². The van der Waals surface area contributed by atoms with Gasteiger partial charge in [-0.25, -0.2) is 13.2 Å². The summed E-state index contributed by atoms with van der Waals surface area (Å²) in [5, 5.41) is 6.44. The van der Waals surface area contributed by atoms with E-state index in [4.69, 9.17) is 4.74 Å². The number of ether oxygens (including phenoxy) is 1. The van der Waals surface area contributed by atoms with Gasteiger partial charge in [-0.3, -0.25) is 0 Å². The molecule has 0 radical (unpaired) electrons. The standard InChI is InChI=1S/C18H24N2O4S2/c1-4-13(2)20-18(21)19-12-17(16-6-5-11-25-16)26(22,23)15-9-7-14(24-3)8-10-15/h5-11,13,17H,4,12H2,1-3H3,(H2,19,20,21). The molecular formula is C18H24N2O4S2. The van der Waals surface area contributed by atoms with Crippen LogP contribution in [0.3, 0.4) is 0 Å². The molecule has 2 N–H and O–H groups in total. The summed E-state index contributed by atoms with van der Waals surface area (Å²) in [6.07, 6.45) is 0.798. The minimum atomic E-state index is -3.67. The molecule has 0 bridgehead atoms. The van der Waals surface area contributed by atoms with E-state index in [1.807, 2.05) is 19.2 Å². The average Bonchev–Trinajstić information content (AvgIpc) is 3.15. The highest BCUT2D eigenvalue weighted by Crippen LogP contribution is 2.32. The molecular weight excluding hydrogens is 372 g/mol. The maximum absolute atomic E-state index is 13.1. The Hall–Kier alpha value is -2.06. The predicted molar refractivity (Wildman–Crippen MR) is 104 cm³/mol. The van der Waals surface area contributed by atoms with Gasteiger partial charge in [0.15, 0.2) is 9.84 Å². The SMILES string of the molecule is CCC(C)NC(=O)NCC(c1cccs1)S(=O)(=O)c1ccc(OC)cc1. The van der Waals surface area contributed by atoms with Crippen molar-refractivity contribution >= 4 is 27.2 Å². The summed E-state index contributed by atoms with van der Waals surface area (Å²) in [6.45, 7) is 3.86. The van der Waals surface area contributed by atoms with Crippen LogP contribution < -0.4 is 15.4 Å². The molecule has 0 aliphatic rings. The monoisotopic (exact) mass is 396 g/mol. The molecule has 0 aliphatic heterocycles. The first kappa shape index (κ1) is 20.3. The summed E-state index contributed by atoms with van der Waals surface area (Å²) in [5.74, 6) is 0.586. The van der Waals surface area contributed by atoms with Gasteiger partial charge in [-0.2, -0.15) is 0 Å². The van der Waals surface area contributed by atoms with Crippen LogP contribution in [0, 0.1) is 0 Å². The Morgan fingerprint density at radius 2 is 1.92 bits per heavy atom. The molecule has 2 amide bonds. The molecule has 1 aromatic heterocycles. The normalized spacial score (nSPS) is 13.7. The average molecular weight is 397 g/mol. The van der Waals surface area contributed by atoms with Crippen LogP contribution in [0.15, 0.2) is 46.7 Å². The maximum Gasteiger partial charge on any atom is 0.315 e. The quantitative estimate of drug-likeness (QED) is 0.716. The first-order valence-electron chi connectivity index (χ1n) is 8.34. The van der Waals surface area contributed by atoms with Crippen molar-refractivity contribution in [1.82, 2.24) is 10.6 Å². The maximum atomic E-state index is 13.1. The smallest absolute Gasteiger partial charge is 0.315 e. The van der Waals surface area contributed by atoms with Crippen molar-refractivity contribution in [1.29, 1.82) is 0 Å². The van der Waals surface area contributed by atoms with E-state index < -0.39 is 15.1 Å². The van der Waals surface area contributed by atoms with E-state index in [1.165, 1.54) is 30.6 Å². The summed E-state index contributed by atoms with van der Waals surface area (Å²) in [6, 6.07) is 9.49. The van der Waals surface area contributed by atoms with Crippen LogP contribution in [0.5, 0.6) is 5.75 Å². The number of carbonyl (C=O) groups excluding carboxylic acids is 1. The summed E-state index contributed by atoms with van der Waals surface area (Å²) < 4.78 is 31.3. The van der Waals surface area contributed by atoms with Crippen LogP contribution in [0.4, 0.5) is 4.79 Å². The number of amides is 2. The number of hydrogen-bond donors (Lipinski definition) is 2. The van der Waals surface area contributed by atoms with Gasteiger partial charge in [0, 0.05) is 17.5 Å². The molecule has 0 spiro atoms. The second kappa shape index (κ2) is 9.05. The number of methoxy groups -OCH3 is 1. The van der Waals surface area contributed by atoms with E-state index in [1.54, 1.807) is 24.3 Å². The van der Waals surface area contributed by atoms with Gasteiger partial charge in [0.25, 0.3) is 0 Å². The topological polar surface area (TPSA) is 84.5 Å². The van der Waals surface area contributed by atoms with Gasteiger partial charge in [-0.1, -0.05) is 13.0 Å². The van der Waals surface area contributed by atoms with E-state index in [0.717, 1.165) is 6.42 Å². The van der Waals surface area contributed by atoms with Crippen molar-refractivity contribution < 1.29 is 17.9 Å². The molecule has 0 saturated carbocycles. The Balaban J connectivity index is 2.22. The molecule has 2 unspecified atom stereocenters. The fourth-order valence-corrected chi connectivity index (χ4v) is 5.11. The molecule has 6 nitrogen and oxygen atoms in total. The fourth-order valence-electron chi connectivity index (χ4n) is 2.33.